The Labute approximate surface area is 74.2 Å². The summed E-state index contributed by atoms with van der Waals surface area (Å²) in [7, 11) is 0. The number of hydrogen-bond acceptors (Lipinski definition) is 5. The highest BCUT2D eigenvalue weighted by atomic mass is 32.1. The lowest BCUT2D eigenvalue weighted by molar-refractivity contribution is 0.137. The number of hydrogen-bond donors (Lipinski definition) is 3. The minimum absolute atomic E-state index is 0.155. The smallest absolute Gasteiger partial charge is 0.180 e. The van der Waals surface area contributed by atoms with Crippen molar-refractivity contribution in [1.29, 1.82) is 0 Å². The molecule has 0 unspecified atom stereocenters. The fourth-order valence-corrected chi connectivity index (χ4v) is 2.39. The predicted molar refractivity (Wildman–Crippen MR) is 47.8 cm³/mol. The molecule has 0 amide bonds. The van der Waals surface area contributed by atoms with Crippen molar-refractivity contribution in [2.24, 2.45) is 5.73 Å². The number of fused-ring (bicyclic) bond motifs is 1. The monoisotopic (exact) mass is 185 g/mol. The van der Waals surface area contributed by atoms with Crippen LogP contribution >= 0.6 is 11.3 Å². The third kappa shape index (κ3) is 1.10. The summed E-state index contributed by atoms with van der Waals surface area (Å²) >= 11 is 1.34. The van der Waals surface area contributed by atoms with Crippen molar-refractivity contribution in [3.8, 4) is 0 Å². The molecule has 2 atom stereocenters. The molecule has 0 spiro atoms. The molecule has 4 nitrogen and oxygen atoms in total. The molecule has 0 saturated heterocycles. The van der Waals surface area contributed by atoms with Crippen LogP contribution in [0.3, 0.4) is 0 Å². The topological polar surface area (TPSA) is 85.2 Å². The predicted octanol–water partition coefficient (Wildman–Crippen LogP) is 0.0322. The van der Waals surface area contributed by atoms with E-state index in [4.69, 9.17) is 11.5 Å². The molecule has 0 aromatic carbocycles. The number of rotatable bonds is 0. The van der Waals surface area contributed by atoms with Gasteiger partial charge in [-0.25, -0.2) is 4.98 Å². The Morgan fingerprint density at radius 2 is 2.33 bits per heavy atom. The normalized spacial score (nSPS) is 28.5. The average Bonchev–Trinajstić information content (AvgIpc) is 2.39. The van der Waals surface area contributed by atoms with Gasteiger partial charge in [-0.1, -0.05) is 11.3 Å². The fraction of sp³-hybridized carbons (Fsp3) is 0.571. The fourth-order valence-electron chi connectivity index (χ4n) is 1.45. The first-order valence-corrected chi connectivity index (χ1v) is 4.69. The molecule has 1 aromatic heterocycles. The lowest BCUT2D eigenvalue weighted by Crippen LogP contribution is -2.32. The maximum absolute atomic E-state index is 9.63. The number of nitrogens with two attached hydrogens (primary N) is 2. The highest BCUT2D eigenvalue weighted by Crippen LogP contribution is 2.34. The Balaban J connectivity index is 2.41. The lowest BCUT2D eigenvalue weighted by Gasteiger charge is -2.22. The van der Waals surface area contributed by atoms with Crippen molar-refractivity contribution in [2.45, 2.75) is 25.0 Å². The summed E-state index contributed by atoms with van der Waals surface area (Å²) in [5.74, 6) is 0. The largest absolute Gasteiger partial charge is 0.386 e. The van der Waals surface area contributed by atoms with Gasteiger partial charge in [-0.3, -0.25) is 0 Å². The molecule has 1 aliphatic carbocycles. The van der Waals surface area contributed by atoms with Crippen LogP contribution in [0.4, 0.5) is 5.13 Å². The standard InChI is InChI=1S/C7H11N3OS/c8-3-1-2-4-6(5(3)11)12-7(9)10-4/h3,5,11H,1-2,8H2,(H2,9,10)/t3-,5+/m0/s1. The van der Waals surface area contributed by atoms with E-state index >= 15 is 0 Å². The van der Waals surface area contributed by atoms with E-state index in [1.807, 2.05) is 0 Å². The van der Waals surface area contributed by atoms with Crippen molar-refractivity contribution in [3.05, 3.63) is 10.6 Å². The van der Waals surface area contributed by atoms with E-state index in [2.05, 4.69) is 4.98 Å². The van der Waals surface area contributed by atoms with Crippen LogP contribution in [-0.4, -0.2) is 16.1 Å². The van der Waals surface area contributed by atoms with E-state index in [-0.39, 0.29) is 6.04 Å². The van der Waals surface area contributed by atoms with E-state index in [0.717, 1.165) is 23.4 Å². The Morgan fingerprint density at radius 3 is 3.08 bits per heavy atom. The minimum Gasteiger partial charge on any atom is -0.386 e. The van der Waals surface area contributed by atoms with Crippen LogP contribution in [-0.2, 0) is 6.42 Å². The summed E-state index contributed by atoms with van der Waals surface area (Å²) in [5.41, 5.74) is 12.1. The Kier molecular flexibility index (Phi) is 1.79. The molecule has 0 fully saturated rings. The summed E-state index contributed by atoms with van der Waals surface area (Å²) in [6, 6.07) is -0.155. The summed E-state index contributed by atoms with van der Waals surface area (Å²) in [6.07, 6.45) is 1.06. The van der Waals surface area contributed by atoms with E-state index in [1.165, 1.54) is 11.3 Å². The molecular weight excluding hydrogens is 174 g/mol. The molecule has 12 heavy (non-hydrogen) atoms. The summed E-state index contributed by atoms with van der Waals surface area (Å²) in [5, 5.41) is 10.2. The second-order valence-electron chi connectivity index (χ2n) is 3.01. The quantitative estimate of drug-likeness (QED) is 0.532. The first-order chi connectivity index (χ1) is 5.68. The van der Waals surface area contributed by atoms with Gasteiger partial charge >= 0.3 is 0 Å². The van der Waals surface area contributed by atoms with Gasteiger partial charge in [0.25, 0.3) is 0 Å². The molecule has 0 radical (unpaired) electrons. The summed E-state index contributed by atoms with van der Waals surface area (Å²) in [4.78, 5) is 4.97. The SMILES string of the molecule is Nc1nc2c(s1)[C@H](O)[C@@H](N)CC2. The number of aryl methyl sites for hydroxylation is 1. The molecule has 0 saturated carbocycles. The zero-order valence-corrected chi connectivity index (χ0v) is 7.34. The van der Waals surface area contributed by atoms with Crippen LogP contribution in [0.25, 0.3) is 0 Å². The van der Waals surface area contributed by atoms with Crippen LogP contribution < -0.4 is 11.5 Å². The molecule has 1 aromatic rings. The second kappa shape index (κ2) is 2.69. The van der Waals surface area contributed by atoms with Crippen LogP contribution in [0, 0.1) is 0 Å². The molecule has 1 heterocycles. The number of nitrogens with zero attached hydrogens (tertiary/aromatic N) is 1. The Bertz CT molecular complexity index is 299. The zero-order chi connectivity index (χ0) is 8.72. The van der Waals surface area contributed by atoms with Gasteiger partial charge in [0.2, 0.25) is 0 Å². The number of aliphatic hydroxyl groups excluding tert-OH is 1. The highest BCUT2D eigenvalue weighted by molar-refractivity contribution is 7.15. The third-order valence-electron chi connectivity index (χ3n) is 2.13. The van der Waals surface area contributed by atoms with Crippen LogP contribution in [0.15, 0.2) is 0 Å². The second-order valence-corrected chi connectivity index (χ2v) is 4.07. The summed E-state index contributed by atoms with van der Waals surface area (Å²) in [6.45, 7) is 0. The van der Waals surface area contributed by atoms with E-state index in [0.29, 0.717) is 5.13 Å². The molecule has 0 bridgehead atoms. The van der Waals surface area contributed by atoms with E-state index in [1.54, 1.807) is 0 Å². The van der Waals surface area contributed by atoms with Gasteiger partial charge in [-0.05, 0) is 12.8 Å². The molecular formula is C7H11N3OS. The number of nitrogen functional groups attached to an aromatic ring is 1. The molecule has 5 N–H and O–H groups in total. The average molecular weight is 185 g/mol. The Hall–Kier alpha value is -0.650. The third-order valence-corrected chi connectivity index (χ3v) is 3.13. The van der Waals surface area contributed by atoms with Crippen molar-refractivity contribution in [3.63, 3.8) is 0 Å². The van der Waals surface area contributed by atoms with Crippen molar-refractivity contribution >= 4 is 16.5 Å². The van der Waals surface area contributed by atoms with Crippen LogP contribution in [0.5, 0.6) is 0 Å². The maximum Gasteiger partial charge on any atom is 0.180 e. The number of anilines is 1. The zero-order valence-electron chi connectivity index (χ0n) is 6.53. The molecule has 0 aliphatic heterocycles. The van der Waals surface area contributed by atoms with Gasteiger partial charge in [0.1, 0.15) is 6.10 Å². The van der Waals surface area contributed by atoms with Crippen LogP contribution in [0.1, 0.15) is 23.1 Å². The van der Waals surface area contributed by atoms with Gasteiger partial charge in [0.15, 0.2) is 5.13 Å². The van der Waals surface area contributed by atoms with Gasteiger partial charge in [-0.2, -0.15) is 0 Å². The van der Waals surface area contributed by atoms with Gasteiger partial charge in [0, 0.05) is 6.04 Å². The van der Waals surface area contributed by atoms with Gasteiger partial charge < -0.3 is 16.6 Å². The molecule has 1 aliphatic rings. The highest BCUT2D eigenvalue weighted by Gasteiger charge is 2.28. The summed E-state index contributed by atoms with van der Waals surface area (Å²) < 4.78 is 0. The lowest BCUT2D eigenvalue weighted by atomic mass is 9.96. The number of aromatic nitrogens is 1. The molecule has 5 heteroatoms. The maximum atomic E-state index is 9.63. The van der Waals surface area contributed by atoms with Crippen molar-refractivity contribution < 1.29 is 5.11 Å². The minimum atomic E-state index is -0.566. The molecule has 66 valence electrons. The van der Waals surface area contributed by atoms with Crippen LogP contribution in [0.2, 0.25) is 0 Å². The first kappa shape index (κ1) is 7.97. The number of thiazole rings is 1. The van der Waals surface area contributed by atoms with Gasteiger partial charge in [0.05, 0.1) is 10.6 Å². The van der Waals surface area contributed by atoms with E-state index in [9.17, 15) is 5.11 Å². The first-order valence-electron chi connectivity index (χ1n) is 3.87. The molecule has 2 rings (SSSR count). The number of aliphatic hydroxyl groups is 1. The Morgan fingerprint density at radius 1 is 1.58 bits per heavy atom. The van der Waals surface area contributed by atoms with Gasteiger partial charge in [-0.15, -0.1) is 0 Å². The van der Waals surface area contributed by atoms with E-state index < -0.39 is 6.10 Å². The van der Waals surface area contributed by atoms with Crippen molar-refractivity contribution in [2.75, 3.05) is 5.73 Å². The van der Waals surface area contributed by atoms with Crippen molar-refractivity contribution in [1.82, 2.24) is 4.98 Å².